The van der Waals surface area contributed by atoms with E-state index in [1.54, 1.807) is 7.11 Å². The average Bonchev–Trinajstić information content (AvgIpc) is 2.49. The molecule has 5 heteroatoms. The van der Waals surface area contributed by atoms with E-state index >= 15 is 0 Å². The molecule has 0 fully saturated rings. The van der Waals surface area contributed by atoms with E-state index in [2.05, 4.69) is 22.3 Å². The maximum absolute atomic E-state index is 5.53. The Bertz CT molecular complexity index is 573. The second kappa shape index (κ2) is 6.34. The first-order valence-electron chi connectivity index (χ1n) is 6.64. The number of hydrogen-bond donors (Lipinski definition) is 2. The molecule has 1 aromatic heterocycles. The van der Waals surface area contributed by atoms with Crippen LogP contribution >= 0.6 is 0 Å². The highest BCUT2D eigenvalue weighted by molar-refractivity contribution is 5.45. The van der Waals surface area contributed by atoms with Crippen LogP contribution in [0.4, 0.5) is 5.82 Å². The summed E-state index contributed by atoms with van der Waals surface area (Å²) in [5, 5.41) is 0. The summed E-state index contributed by atoms with van der Waals surface area (Å²) in [6.45, 7) is 4.05. The van der Waals surface area contributed by atoms with Gasteiger partial charge in [0.05, 0.1) is 7.11 Å². The maximum Gasteiger partial charge on any atom is 0.146 e. The van der Waals surface area contributed by atoms with Crippen molar-refractivity contribution in [2.75, 3.05) is 12.5 Å². The monoisotopic (exact) mass is 272 g/mol. The third kappa shape index (κ3) is 2.88. The summed E-state index contributed by atoms with van der Waals surface area (Å²) >= 11 is 0. The SMILES string of the molecule is CCc1nc(Cc2ccccc2OC)nc(NN)c1C. The Labute approximate surface area is 119 Å². The van der Waals surface area contributed by atoms with Crippen LogP contribution in [0.25, 0.3) is 0 Å². The number of aromatic nitrogens is 2. The third-order valence-corrected chi connectivity index (χ3v) is 3.31. The molecule has 106 valence electrons. The molecule has 1 aromatic carbocycles. The van der Waals surface area contributed by atoms with Crippen molar-refractivity contribution in [2.45, 2.75) is 26.7 Å². The van der Waals surface area contributed by atoms with Gasteiger partial charge in [-0.1, -0.05) is 25.1 Å². The lowest BCUT2D eigenvalue weighted by Gasteiger charge is -2.12. The maximum atomic E-state index is 5.53. The first-order valence-corrected chi connectivity index (χ1v) is 6.64. The van der Waals surface area contributed by atoms with Gasteiger partial charge in [-0.3, -0.25) is 0 Å². The number of nitrogens with one attached hydrogen (secondary N) is 1. The zero-order valence-electron chi connectivity index (χ0n) is 12.1. The second-order valence-electron chi connectivity index (χ2n) is 4.55. The molecule has 0 saturated carbocycles. The highest BCUT2D eigenvalue weighted by atomic mass is 16.5. The molecule has 0 aliphatic rings. The van der Waals surface area contributed by atoms with Crippen LogP contribution in [0.2, 0.25) is 0 Å². The first kappa shape index (κ1) is 14.3. The highest BCUT2D eigenvalue weighted by Gasteiger charge is 2.11. The van der Waals surface area contributed by atoms with Crippen molar-refractivity contribution in [1.82, 2.24) is 9.97 Å². The highest BCUT2D eigenvalue weighted by Crippen LogP contribution is 2.22. The number of aryl methyl sites for hydroxylation is 1. The van der Waals surface area contributed by atoms with Crippen LogP contribution in [0.1, 0.15) is 29.6 Å². The van der Waals surface area contributed by atoms with Gasteiger partial charge in [-0.05, 0) is 19.4 Å². The molecule has 1 heterocycles. The van der Waals surface area contributed by atoms with Crippen LogP contribution in [0.3, 0.4) is 0 Å². The second-order valence-corrected chi connectivity index (χ2v) is 4.55. The number of methoxy groups -OCH3 is 1. The van der Waals surface area contributed by atoms with Crippen LogP contribution < -0.4 is 16.0 Å². The van der Waals surface area contributed by atoms with Crippen molar-refractivity contribution in [2.24, 2.45) is 5.84 Å². The molecule has 20 heavy (non-hydrogen) atoms. The third-order valence-electron chi connectivity index (χ3n) is 3.31. The zero-order chi connectivity index (χ0) is 14.5. The summed E-state index contributed by atoms with van der Waals surface area (Å²) in [5.41, 5.74) is 5.71. The molecular formula is C15H20N4O. The number of hydrogen-bond acceptors (Lipinski definition) is 5. The molecule has 5 nitrogen and oxygen atoms in total. The number of nitrogens with zero attached hydrogens (tertiary/aromatic N) is 2. The predicted molar refractivity (Wildman–Crippen MR) is 79.8 cm³/mol. The number of anilines is 1. The Kier molecular flexibility index (Phi) is 4.53. The Hall–Kier alpha value is -2.14. The standard InChI is InChI=1S/C15H20N4O/c1-4-12-10(2)15(19-16)18-14(17-12)9-11-7-5-6-8-13(11)20-3/h5-8H,4,9,16H2,1-3H3,(H,17,18,19). The van der Waals surface area contributed by atoms with Crippen LogP contribution in [0, 0.1) is 6.92 Å². The number of hydrazine groups is 1. The van der Waals surface area contributed by atoms with Crippen molar-refractivity contribution < 1.29 is 4.74 Å². The summed E-state index contributed by atoms with van der Waals surface area (Å²) in [5.74, 6) is 7.79. The summed E-state index contributed by atoms with van der Waals surface area (Å²) in [6, 6.07) is 7.88. The molecule has 0 aliphatic carbocycles. The van der Waals surface area contributed by atoms with E-state index in [1.165, 1.54) is 0 Å². The minimum absolute atomic E-state index is 0.617. The zero-order valence-corrected chi connectivity index (χ0v) is 12.1. The lowest BCUT2D eigenvalue weighted by atomic mass is 10.1. The average molecular weight is 272 g/mol. The Morgan fingerprint density at radius 3 is 2.65 bits per heavy atom. The van der Waals surface area contributed by atoms with Gasteiger partial charge >= 0.3 is 0 Å². The number of nitrogen functional groups attached to an aromatic ring is 1. The molecule has 0 unspecified atom stereocenters. The van der Waals surface area contributed by atoms with E-state index in [1.807, 2.05) is 31.2 Å². The molecule has 3 N–H and O–H groups in total. The van der Waals surface area contributed by atoms with Gasteiger partial charge in [-0.15, -0.1) is 0 Å². The lowest BCUT2D eigenvalue weighted by molar-refractivity contribution is 0.410. The largest absolute Gasteiger partial charge is 0.496 e. The van der Waals surface area contributed by atoms with Crippen molar-refractivity contribution in [1.29, 1.82) is 0 Å². The van der Waals surface area contributed by atoms with Gasteiger partial charge in [0.25, 0.3) is 0 Å². The van der Waals surface area contributed by atoms with Crippen molar-refractivity contribution >= 4 is 5.82 Å². The van der Waals surface area contributed by atoms with Crippen LogP contribution in [-0.2, 0) is 12.8 Å². The fourth-order valence-corrected chi connectivity index (χ4v) is 2.20. The minimum Gasteiger partial charge on any atom is -0.496 e. The van der Waals surface area contributed by atoms with Gasteiger partial charge in [0.1, 0.15) is 17.4 Å². The van der Waals surface area contributed by atoms with Crippen LogP contribution in [0.15, 0.2) is 24.3 Å². The molecule has 0 aliphatic heterocycles. The van der Waals surface area contributed by atoms with E-state index in [0.717, 1.165) is 34.8 Å². The quantitative estimate of drug-likeness (QED) is 0.645. The molecule has 2 rings (SSSR count). The Balaban J connectivity index is 2.38. The molecule has 0 spiro atoms. The van der Waals surface area contributed by atoms with Gasteiger partial charge in [0.15, 0.2) is 0 Å². The number of rotatable bonds is 5. The minimum atomic E-state index is 0.617. The number of benzene rings is 1. The summed E-state index contributed by atoms with van der Waals surface area (Å²) < 4.78 is 5.36. The van der Waals surface area contributed by atoms with Gasteiger partial charge < -0.3 is 10.2 Å². The molecule has 0 saturated heterocycles. The van der Waals surface area contributed by atoms with Crippen LogP contribution in [0.5, 0.6) is 5.75 Å². The molecule has 0 amide bonds. The van der Waals surface area contributed by atoms with E-state index in [4.69, 9.17) is 10.6 Å². The summed E-state index contributed by atoms with van der Waals surface area (Å²) in [7, 11) is 1.67. The summed E-state index contributed by atoms with van der Waals surface area (Å²) in [6.07, 6.45) is 1.47. The van der Waals surface area contributed by atoms with E-state index in [-0.39, 0.29) is 0 Å². The van der Waals surface area contributed by atoms with Crippen molar-refractivity contribution in [3.05, 3.63) is 46.9 Å². The van der Waals surface area contributed by atoms with E-state index in [9.17, 15) is 0 Å². The molecule has 0 radical (unpaired) electrons. The van der Waals surface area contributed by atoms with Crippen molar-refractivity contribution in [3.8, 4) is 5.75 Å². The Morgan fingerprint density at radius 1 is 1.25 bits per heavy atom. The molecular weight excluding hydrogens is 252 g/mol. The van der Waals surface area contributed by atoms with Gasteiger partial charge in [0.2, 0.25) is 0 Å². The van der Waals surface area contributed by atoms with E-state index < -0.39 is 0 Å². The number of nitrogens with two attached hydrogens (primary N) is 1. The van der Waals surface area contributed by atoms with Gasteiger partial charge in [0, 0.05) is 23.2 Å². The topological polar surface area (TPSA) is 73.1 Å². The van der Waals surface area contributed by atoms with Gasteiger partial charge in [-0.2, -0.15) is 0 Å². The van der Waals surface area contributed by atoms with Gasteiger partial charge in [-0.25, -0.2) is 15.8 Å². The number of ether oxygens (including phenoxy) is 1. The molecule has 0 atom stereocenters. The van der Waals surface area contributed by atoms with E-state index in [0.29, 0.717) is 12.2 Å². The smallest absolute Gasteiger partial charge is 0.146 e. The van der Waals surface area contributed by atoms with Crippen molar-refractivity contribution in [3.63, 3.8) is 0 Å². The van der Waals surface area contributed by atoms with Crippen LogP contribution in [-0.4, -0.2) is 17.1 Å². The predicted octanol–water partition coefficient (Wildman–Crippen LogP) is 2.23. The fraction of sp³-hybridized carbons (Fsp3) is 0.333. The molecule has 2 aromatic rings. The summed E-state index contributed by atoms with van der Waals surface area (Å²) in [4.78, 5) is 9.08. The Morgan fingerprint density at radius 2 is 2.00 bits per heavy atom. The molecule has 0 bridgehead atoms. The fourth-order valence-electron chi connectivity index (χ4n) is 2.20. The number of para-hydroxylation sites is 1. The lowest BCUT2D eigenvalue weighted by Crippen LogP contribution is -2.14. The normalized spacial score (nSPS) is 10.4. The first-order chi connectivity index (χ1) is 9.69.